The van der Waals surface area contributed by atoms with Crippen LogP contribution in [0.5, 0.6) is 0 Å². The number of hydrogen-bond donors (Lipinski definition) is 1. The minimum absolute atomic E-state index is 0.00222. The molecule has 0 radical (unpaired) electrons. The standard InChI is InChI=1S/C18H11ClF8N4O2/c1-31-12(11(17(22,23)24)13(30-31)16(20,21)18(25,26)27)10-6-28-14(29-10)7-3-4-9(19)8(5-7)15(32)33-2/h3-6H,1-2H3,(H,28,29). The predicted octanol–water partition coefficient (Wildman–Crippen LogP) is 5.59. The molecule has 178 valence electrons. The average molecular weight is 503 g/mol. The van der Waals surface area contributed by atoms with Crippen molar-refractivity contribution in [2.75, 3.05) is 7.11 Å². The molecule has 0 aliphatic carbocycles. The summed E-state index contributed by atoms with van der Waals surface area (Å²) in [5.74, 6) is -6.83. The predicted molar refractivity (Wildman–Crippen MR) is 97.5 cm³/mol. The molecule has 15 heteroatoms. The second-order valence-electron chi connectivity index (χ2n) is 6.60. The monoisotopic (exact) mass is 502 g/mol. The fourth-order valence-corrected chi connectivity index (χ4v) is 3.18. The van der Waals surface area contributed by atoms with E-state index in [0.29, 0.717) is 0 Å². The molecule has 0 aliphatic heterocycles. The molecule has 0 amide bonds. The van der Waals surface area contributed by atoms with Crippen molar-refractivity contribution in [1.82, 2.24) is 19.7 Å². The first-order valence-corrected chi connectivity index (χ1v) is 9.00. The molecule has 0 saturated heterocycles. The zero-order valence-electron chi connectivity index (χ0n) is 16.4. The highest BCUT2D eigenvalue weighted by molar-refractivity contribution is 6.33. The highest BCUT2D eigenvalue weighted by atomic mass is 35.5. The Morgan fingerprint density at radius 2 is 1.76 bits per heavy atom. The summed E-state index contributed by atoms with van der Waals surface area (Å²) in [5.41, 5.74) is -6.36. The fraction of sp³-hybridized carbons (Fsp3) is 0.278. The van der Waals surface area contributed by atoms with Crippen LogP contribution in [0.3, 0.4) is 0 Å². The number of carbonyl (C=O) groups excluding carboxylic acids is 1. The number of H-pyrrole nitrogens is 1. The molecular weight excluding hydrogens is 492 g/mol. The van der Waals surface area contributed by atoms with E-state index in [-0.39, 0.29) is 26.7 Å². The Bertz CT molecular complexity index is 1210. The molecule has 33 heavy (non-hydrogen) atoms. The zero-order chi connectivity index (χ0) is 24.9. The quantitative estimate of drug-likeness (QED) is 0.373. The number of aromatic nitrogens is 4. The summed E-state index contributed by atoms with van der Waals surface area (Å²) in [6.45, 7) is 0. The molecule has 0 saturated carbocycles. The van der Waals surface area contributed by atoms with Crippen LogP contribution in [0.15, 0.2) is 24.4 Å². The summed E-state index contributed by atoms with van der Waals surface area (Å²) < 4.78 is 112. The van der Waals surface area contributed by atoms with Crippen LogP contribution < -0.4 is 0 Å². The van der Waals surface area contributed by atoms with Crippen LogP contribution in [0.2, 0.25) is 5.02 Å². The summed E-state index contributed by atoms with van der Waals surface area (Å²) in [6.07, 6.45) is -11.1. The lowest BCUT2D eigenvalue weighted by molar-refractivity contribution is -0.292. The van der Waals surface area contributed by atoms with Crippen molar-refractivity contribution >= 4 is 17.6 Å². The Kier molecular flexibility index (Phi) is 5.94. The third-order valence-electron chi connectivity index (χ3n) is 4.46. The lowest BCUT2D eigenvalue weighted by Crippen LogP contribution is -2.36. The van der Waals surface area contributed by atoms with Crippen molar-refractivity contribution in [3.8, 4) is 22.8 Å². The third-order valence-corrected chi connectivity index (χ3v) is 4.79. The van der Waals surface area contributed by atoms with Crippen LogP contribution in [0.1, 0.15) is 21.6 Å². The number of imidazole rings is 1. The van der Waals surface area contributed by atoms with Crippen LogP contribution in [-0.4, -0.2) is 39.0 Å². The van der Waals surface area contributed by atoms with Crippen molar-refractivity contribution < 1.29 is 44.7 Å². The van der Waals surface area contributed by atoms with Gasteiger partial charge in [-0.05, 0) is 18.2 Å². The minimum Gasteiger partial charge on any atom is -0.465 e. The Morgan fingerprint density at radius 3 is 2.30 bits per heavy atom. The summed E-state index contributed by atoms with van der Waals surface area (Å²) in [4.78, 5) is 18.0. The molecule has 0 unspecified atom stereocenters. The SMILES string of the molecule is COC(=O)c1cc(-c2ncc(-c3c(C(F)(F)F)c(C(F)(F)C(F)(F)F)nn3C)[nH]2)ccc1Cl. The van der Waals surface area contributed by atoms with Crippen molar-refractivity contribution in [2.24, 2.45) is 7.05 Å². The zero-order valence-corrected chi connectivity index (χ0v) is 17.1. The van der Waals surface area contributed by atoms with Gasteiger partial charge < -0.3 is 9.72 Å². The molecule has 1 N–H and O–H groups in total. The molecule has 3 aromatic rings. The Hall–Kier alpha value is -3.16. The van der Waals surface area contributed by atoms with Crippen LogP contribution in [0.25, 0.3) is 22.8 Å². The number of esters is 1. The van der Waals surface area contributed by atoms with E-state index in [1.165, 1.54) is 18.2 Å². The van der Waals surface area contributed by atoms with Gasteiger partial charge in [0.25, 0.3) is 0 Å². The molecule has 2 aromatic heterocycles. The molecule has 2 heterocycles. The number of ether oxygens (including phenoxy) is 1. The molecule has 0 aliphatic rings. The fourth-order valence-electron chi connectivity index (χ4n) is 2.98. The maximum Gasteiger partial charge on any atom is 0.459 e. The van der Waals surface area contributed by atoms with Gasteiger partial charge in [0.1, 0.15) is 11.4 Å². The topological polar surface area (TPSA) is 72.8 Å². The molecular formula is C18H11ClF8N4O2. The molecule has 0 spiro atoms. The summed E-state index contributed by atoms with van der Waals surface area (Å²) in [5, 5.41) is 2.84. The number of hydrogen-bond acceptors (Lipinski definition) is 4. The molecule has 0 bridgehead atoms. The first-order chi connectivity index (χ1) is 15.1. The average Bonchev–Trinajstić information content (AvgIpc) is 3.31. The van der Waals surface area contributed by atoms with Gasteiger partial charge in [-0.25, -0.2) is 9.78 Å². The number of benzene rings is 1. The largest absolute Gasteiger partial charge is 0.465 e. The number of carbonyl (C=O) groups is 1. The Morgan fingerprint density at radius 1 is 1.12 bits per heavy atom. The minimum atomic E-state index is -6.31. The molecule has 3 rings (SSSR count). The van der Waals surface area contributed by atoms with Crippen molar-refractivity contribution in [3.63, 3.8) is 0 Å². The van der Waals surface area contributed by atoms with Crippen LogP contribution in [0, 0.1) is 0 Å². The van der Waals surface area contributed by atoms with E-state index in [9.17, 15) is 39.9 Å². The Labute approximate surface area is 184 Å². The molecule has 0 fully saturated rings. The first kappa shape index (κ1) is 24.5. The van der Waals surface area contributed by atoms with Crippen molar-refractivity contribution in [1.29, 1.82) is 0 Å². The van der Waals surface area contributed by atoms with Gasteiger partial charge in [0.15, 0.2) is 5.69 Å². The Balaban J connectivity index is 2.18. The van der Waals surface area contributed by atoms with Gasteiger partial charge in [0.05, 0.1) is 35.3 Å². The summed E-state index contributed by atoms with van der Waals surface area (Å²) in [6, 6.07) is 3.82. The van der Waals surface area contributed by atoms with Crippen LogP contribution in [0.4, 0.5) is 35.1 Å². The van der Waals surface area contributed by atoms with Crippen LogP contribution in [-0.2, 0) is 23.9 Å². The highest BCUT2D eigenvalue weighted by Gasteiger charge is 2.64. The number of rotatable bonds is 4. The molecule has 1 aromatic carbocycles. The van der Waals surface area contributed by atoms with Gasteiger partial charge in [-0.3, -0.25) is 4.68 Å². The van der Waals surface area contributed by atoms with Crippen molar-refractivity contribution in [3.05, 3.63) is 46.2 Å². The van der Waals surface area contributed by atoms with Gasteiger partial charge in [-0.2, -0.15) is 40.2 Å². The van der Waals surface area contributed by atoms with Gasteiger partial charge in [-0.1, -0.05) is 11.6 Å². The van der Waals surface area contributed by atoms with E-state index in [1.54, 1.807) is 0 Å². The van der Waals surface area contributed by atoms with Crippen molar-refractivity contribution in [2.45, 2.75) is 18.3 Å². The van der Waals surface area contributed by atoms with Gasteiger partial charge in [0, 0.05) is 12.6 Å². The van der Waals surface area contributed by atoms with Gasteiger partial charge >= 0.3 is 24.2 Å². The maximum absolute atomic E-state index is 13.8. The third kappa shape index (κ3) is 4.26. The number of aromatic amines is 1. The van der Waals surface area contributed by atoms with E-state index in [4.69, 9.17) is 11.6 Å². The van der Waals surface area contributed by atoms with E-state index < -0.39 is 46.9 Å². The normalized spacial score (nSPS) is 12.8. The van der Waals surface area contributed by atoms with E-state index in [1.807, 2.05) is 0 Å². The first-order valence-electron chi connectivity index (χ1n) is 8.62. The van der Waals surface area contributed by atoms with E-state index >= 15 is 0 Å². The molecule has 6 nitrogen and oxygen atoms in total. The lowest BCUT2D eigenvalue weighted by Gasteiger charge is -2.19. The number of nitrogens with zero attached hydrogens (tertiary/aromatic N) is 3. The van der Waals surface area contributed by atoms with E-state index in [0.717, 1.165) is 20.4 Å². The second-order valence-corrected chi connectivity index (χ2v) is 7.00. The molecule has 0 atom stereocenters. The van der Waals surface area contributed by atoms with E-state index in [2.05, 4.69) is 19.8 Å². The second kappa shape index (κ2) is 8.01. The number of halogens is 9. The van der Waals surface area contributed by atoms with Gasteiger partial charge in [0.2, 0.25) is 0 Å². The smallest absolute Gasteiger partial charge is 0.459 e. The number of nitrogens with one attached hydrogen (secondary N) is 1. The summed E-state index contributed by atoms with van der Waals surface area (Å²) in [7, 11) is 1.87. The van der Waals surface area contributed by atoms with Crippen LogP contribution >= 0.6 is 11.6 Å². The highest BCUT2D eigenvalue weighted by Crippen LogP contribution is 2.50. The number of methoxy groups -OCH3 is 1. The maximum atomic E-state index is 13.8. The number of alkyl halides is 8. The lowest BCUT2D eigenvalue weighted by atomic mass is 10.1. The van der Waals surface area contributed by atoms with Gasteiger partial charge in [-0.15, -0.1) is 0 Å². The summed E-state index contributed by atoms with van der Waals surface area (Å²) >= 11 is 5.90. The number of aryl methyl sites for hydroxylation is 1.